The Morgan fingerprint density at radius 3 is 2.27 bits per heavy atom. The molecule has 0 fully saturated rings. The second kappa shape index (κ2) is 5.02. The molecule has 3 heteroatoms. The molecule has 0 aliphatic heterocycles. The maximum atomic E-state index is 11.1. The zero-order valence-corrected chi connectivity index (χ0v) is 7.22. The molecule has 0 N–H and O–H groups in total. The van der Waals surface area contributed by atoms with E-state index in [0.717, 1.165) is 6.42 Å². The number of rotatable bonds is 5. The van der Waals surface area contributed by atoms with Gasteiger partial charge in [0.1, 0.15) is 0 Å². The first-order valence-electron chi connectivity index (χ1n) is 3.69. The fourth-order valence-electron chi connectivity index (χ4n) is 0.902. The van der Waals surface area contributed by atoms with Crippen molar-refractivity contribution in [2.75, 3.05) is 7.11 Å². The normalized spacial score (nSPS) is 12.6. The maximum absolute atomic E-state index is 11.1. The van der Waals surface area contributed by atoms with Crippen molar-refractivity contribution >= 4 is 11.6 Å². The molecule has 0 heterocycles. The number of ketones is 2. The van der Waals surface area contributed by atoms with E-state index in [1.165, 1.54) is 14.0 Å². The van der Waals surface area contributed by atoms with Gasteiger partial charge in [-0.2, -0.15) is 0 Å². The first-order chi connectivity index (χ1) is 5.13. The number of methoxy groups -OCH3 is 1. The molecule has 3 nitrogen and oxygen atoms in total. The molecule has 1 atom stereocenters. The lowest BCUT2D eigenvalue weighted by molar-refractivity contribution is -0.139. The van der Waals surface area contributed by atoms with E-state index in [4.69, 9.17) is 4.74 Å². The zero-order chi connectivity index (χ0) is 8.85. The SMILES string of the molecule is CCCC(=O)C(OC)C(C)=O. The molecule has 0 aromatic carbocycles. The van der Waals surface area contributed by atoms with Gasteiger partial charge in [0.2, 0.25) is 0 Å². The second-order valence-corrected chi connectivity index (χ2v) is 2.44. The molecule has 64 valence electrons. The molecule has 0 spiro atoms. The third kappa shape index (κ3) is 3.28. The summed E-state index contributed by atoms with van der Waals surface area (Å²) >= 11 is 0. The summed E-state index contributed by atoms with van der Waals surface area (Å²) in [6, 6.07) is 0. The highest BCUT2D eigenvalue weighted by atomic mass is 16.5. The van der Waals surface area contributed by atoms with Gasteiger partial charge in [0, 0.05) is 13.5 Å². The minimum atomic E-state index is -0.838. The Balaban J connectivity index is 4.03. The summed E-state index contributed by atoms with van der Waals surface area (Å²) in [5.41, 5.74) is 0. The van der Waals surface area contributed by atoms with Crippen LogP contribution in [0, 0.1) is 0 Å². The highest BCUT2D eigenvalue weighted by molar-refractivity contribution is 6.04. The highest BCUT2D eigenvalue weighted by Crippen LogP contribution is 2.00. The molecule has 0 aliphatic rings. The zero-order valence-electron chi connectivity index (χ0n) is 7.22. The average molecular weight is 158 g/mol. The standard InChI is InChI=1S/C8H14O3/c1-4-5-7(10)8(11-3)6(2)9/h8H,4-5H2,1-3H3. The lowest BCUT2D eigenvalue weighted by Crippen LogP contribution is -2.29. The molecule has 0 rings (SSSR count). The Morgan fingerprint density at radius 2 is 2.00 bits per heavy atom. The average Bonchev–Trinajstić information content (AvgIpc) is 1.88. The summed E-state index contributed by atoms with van der Waals surface area (Å²) < 4.78 is 4.73. The van der Waals surface area contributed by atoms with Crippen LogP contribution in [0.4, 0.5) is 0 Å². The van der Waals surface area contributed by atoms with E-state index in [1.807, 2.05) is 6.92 Å². The number of ether oxygens (including phenoxy) is 1. The summed E-state index contributed by atoms with van der Waals surface area (Å²) in [5.74, 6) is -0.339. The van der Waals surface area contributed by atoms with Crippen molar-refractivity contribution in [3.05, 3.63) is 0 Å². The van der Waals surface area contributed by atoms with E-state index >= 15 is 0 Å². The quantitative estimate of drug-likeness (QED) is 0.560. The van der Waals surface area contributed by atoms with Crippen LogP contribution in [0.25, 0.3) is 0 Å². The maximum Gasteiger partial charge on any atom is 0.173 e. The Hall–Kier alpha value is -0.700. The summed E-state index contributed by atoms with van der Waals surface area (Å²) in [4.78, 5) is 21.8. The van der Waals surface area contributed by atoms with Crippen molar-refractivity contribution in [1.82, 2.24) is 0 Å². The minimum absolute atomic E-state index is 0.123. The van der Waals surface area contributed by atoms with Gasteiger partial charge in [-0.25, -0.2) is 0 Å². The van der Waals surface area contributed by atoms with E-state index in [-0.39, 0.29) is 11.6 Å². The fraction of sp³-hybridized carbons (Fsp3) is 0.750. The number of carbonyl (C=O) groups excluding carboxylic acids is 2. The van der Waals surface area contributed by atoms with Crippen LogP contribution in [0.15, 0.2) is 0 Å². The number of Topliss-reactive ketones (excluding diaryl/α,β-unsaturated/α-hetero) is 2. The Labute approximate surface area is 66.7 Å². The number of carbonyl (C=O) groups is 2. The van der Waals surface area contributed by atoms with Crippen LogP contribution in [0.5, 0.6) is 0 Å². The van der Waals surface area contributed by atoms with Gasteiger partial charge in [-0.15, -0.1) is 0 Å². The van der Waals surface area contributed by atoms with E-state index in [9.17, 15) is 9.59 Å². The van der Waals surface area contributed by atoms with Gasteiger partial charge in [0.05, 0.1) is 0 Å². The topological polar surface area (TPSA) is 43.4 Å². The predicted octanol–water partition coefficient (Wildman–Crippen LogP) is 0.960. The van der Waals surface area contributed by atoms with Crippen LogP contribution in [-0.2, 0) is 14.3 Å². The van der Waals surface area contributed by atoms with E-state index in [1.54, 1.807) is 0 Å². The first kappa shape index (κ1) is 10.3. The third-order valence-corrected chi connectivity index (χ3v) is 1.39. The third-order valence-electron chi connectivity index (χ3n) is 1.39. The van der Waals surface area contributed by atoms with Gasteiger partial charge < -0.3 is 4.74 Å². The van der Waals surface area contributed by atoms with Crippen LogP contribution < -0.4 is 0 Å². The second-order valence-electron chi connectivity index (χ2n) is 2.44. The van der Waals surface area contributed by atoms with Gasteiger partial charge in [-0.05, 0) is 13.3 Å². The van der Waals surface area contributed by atoms with Crippen molar-refractivity contribution < 1.29 is 14.3 Å². The molecule has 0 aliphatic carbocycles. The molecule has 0 aromatic heterocycles. The van der Waals surface area contributed by atoms with Crippen LogP contribution in [0.3, 0.4) is 0 Å². The van der Waals surface area contributed by atoms with Crippen molar-refractivity contribution in [2.24, 2.45) is 0 Å². The smallest absolute Gasteiger partial charge is 0.173 e. The molecular formula is C8H14O3. The Bertz CT molecular complexity index is 151. The molecule has 0 bridgehead atoms. The van der Waals surface area contributed by atoms with Crippen molar-refractivity contribution in [1.29, 1.82) is 0 Å². The monoisotopic (exact) mass is 158 g/mol. The van der Waals surface area contributed by atoms with E-state index in [2.05, 4.69) is 0 Å². The molecule has 1 unspecified atom stereocenters. The van der Waals surface area contributed by atoms with Crippen LogP contribution in [0.1, 0.15) is 26.7 Å². The number of hydrogen-bond donors (Lipinski definition) is 0. The van der Waals surface area contributed by atoms with Gasteiger partial charge in [0.25, 0.3) is 0 Å². The molecule has 0 radical (unpaired) electrons. The molecular weight excluding hydrogens is 144 g/mol. The molecule has 0 amide bonds. The van der Waals surface area contributed by atoms with E-state index in [0.29, 0.717) is 6.42 Å². The molecule has 0 saturated carbocycles. The van der Waals surface area contributed by atoms with E-state index < -0.39 is 6.10 Å². The van der Waals surface area contributed by atoms with Gasteiger partial charge in [-0.3, -0.25) is 9.59 Å². The van der Waals surface area contributed by atoms with Gasteiger partial charge in [-0.1, -0.05) is 6.92 Å². The Morgan fingerprint density at radius 1 is 1.45 bits per heavy atom. The molecule has 0 saturated heterocycles. The number of hydrogen-bond acceptors (Lipinski definition) is 3. The van der Waals surface area contributed by atoms with Crippen LogP contribution in [-0.4, -0.2) is 24.8 Å². The van der Waals surface area contributed by atoms with Crippen molar-refractivity contribution in [2.45, 2.75) is 32.8 Å². The lowest BCUT2D eigenvalue weighted by Gasteiger charge is -2.08. The summed E-state index contributed by atoms with van der Waals surface area (Å²) in [6.07, 6.45) is 0.333. The minimum Gasteiger partial charge on any atom is -0.366 e. The fourth-order valence-corrected chi connectivity index (χ4v) is 0.902. The Kier molecular flexibility index (Phi) is 4.70. The van der Waals surface area contributed by atoms with Gasteiger partial charge >= 0.3 is 0 Å². The predicted molar refractivity (Wildman–Crippen MR) is 41.4 cm³/mol. The summed E-state index contributed by atoms with van der Waals surface area (Å²) in [5, 5.41) is 0. The van der Waals surface area contributed by atoms with Crippen molar-refractivity contribution in [3.8, 4) is 0 Å². The van der Waals surface area contributed by atoms with Crippen LogP contribution in [0.2, 0.25) is 0 Å². The van der Waals surface area contributed by atoms with Crippen LogP contribution >= 0.6 is 0 Å². The molecule has 11 heavy (non-hydrogen) atoms. The summed E-state index contributed by atoms with van der Waals surface area (Å²) in [6.45, 7) is 3.26. The van der Waals surface area contributed by atoms with Crippen molar-refractivity contribution in [3.63, 3.8) is 0 Å². The largest absolute Gasteiger partial charge is 0.366 e. The molecule has 0 aromatic rings. The summed E-state index contributed by atoms with van der Waals surface area (Å²) in [7, 11) is 1.37. The lowest BCUT2D eigenvalue weighted by atomic mass is 10.1. The van der Waals surface area contributed by atoms with Gasteiger partial charge in [0.15, 0.2) is 17.7 Å². The first-order valence-corrected chi connectivity index (χ1v) is 3.69. The highest BCUT2D eigenvalue weighted by Gasteiger charge is 2.20.